The lowest BCUT2D eigenvalue weighted by Crippen LogP contribution is -2.34. The molecular formula is C21H28N4O. The van der Waals surface area contributed by atoms with E-state index in [4.69, 9.17) is 0 Å². The van der Waals surface area contributed by atoms with Gasteiger partial charge < -0.3 is 10.6 Å². The van der Waals surface area contributed by atoms with Crippen LogP contribution in [-0.4, -0.2) is 29.0 Å². The molecule has 1 saturated heterocycles. The zero-order chi connectivity index (χ0) is 18.2. The first-order valence-electron chi connectivity index (χ1n) is 9.41. The van der Waals surface area contributed by atoms with Gasteiger partial charge in [-0.15, -0.1) is 0 Å². The van der Waals surface area contributed by atoms with E-state index in [2.05, 4.69) is 51.7 Å². The minimum atomic E-state index is -0.179. The predicted molar refractivity (Wildman–Crippen MR) is 103 cm³/mol. The molecule has 1 aliphatic rings. The van der Waals surface area contributed by atoms with Gasteiger partial charge in [-0.2, -0.15) is 0 Å². The molecule has 2 amide bonds. The maximum atomic E-state index is 11.9. The molecule has 138 valence electrons. The largest absolute Gasteiger partial charge is 0.334 e. The number of hydrogen-bond acceptors (Lipinski definition) is 3. The number of carbonyl (C=O) groups excluding carboxylic acids is 1. The van der Waals surface area contributed by atoms with Crippen LogP contribution in [0, 0.1) is 5.92 Å². The molecule has 1 fully saturated rings. The highest BCUT2D eigenvalue weighted by atomic mass is 16.2. The summed E-state index contributed by atoms with van der Waals surface area (Å²) in [4.78, 5) is 18.6. The average Bonchev–Trinajstić information content (AvgIpc) is 2.68. The fourth-order valence-electron chi connectivity index (χ4n) is 3.16. The van der Waals surface area contributed by atoms with E-state index in [-0.39, 0.29) is 6.03 Å². The van der Waals surface area contributed by atoms with Crippen LogP contribution in [0.2, 0.25) is 0 Å². The van der Waals surface area contributed by atoms with E-state index in [1.54, 1.807) is 6.20 Å². The van der Waals surface area contributed by atoms with Crippen molar-refractivity contribution in [2.45, 2.75) is 39.4 Å². The zero-order valence-corrected chi connectivity index (χ0v) is 15.4. The van der Waals surface area contributed by atoms with Crippen molar-refractivity contribution in [2.24, 2.45) is 5.92 Å². The van der Waals surface area contributed by atoms with Gasteiger partial charge in [0.25, 0.3) is 0 Å². The van der Waals surface area contributed by atoms with Gasteiger partial charge in [-0.1, -0.05) is 37.3 Å². The number of urea groups is 1. The van der Waals surface area contributed by atoms with Crippen LogP contribution < -0.4 is 10.6 Å². The fourth-order valence-corrected chi connectivity index (χ4v) is 3.16. The van der Waals surface area contributed by atoms with Gasteiger partial charge in [0, 0.05) is 19.3 Å². The number of hydrogen-bond donors (Lipinski definition) is 2. The van der Waals surface area contributed by atoms with E-state index in [0.717, 1.165) is 23.7 Å². The summed E-state index contributed by atoms with van der Waals surface area (Å²) in [5, 5.41) is 5.71. The Hall–Kier alpha value is -2.40. The molecule has 0 bridgehead atoms. The third-order valence-electron chi connectivity index (χ3n) is 4.91. The highest BCUT2D eigenvalue weighted by Crippen LogP contribution is 2.18. The van der Waals surface area contributed by atoms with Gasteiger partial charge >= 0.3 is 6.03 Å². The molecule has 1 aromatic heterocycles. The number of likely N-dealkylation sites (tertiary alicyclic amines) is 1. The van der Waals surface area contributed by atoms with Gasteiger partial charge in [0.1, 0.15) is 0 Å². The minimum Gasteiger partial charge on any atom is -0.334 e. The normalized spacial score (nSPS) is 15.6. The molecule has 2 N–H and O–H groups in total. The number of carbonyl (C=O) groups is 1. The first-order valence-corrected chi connectivity index (χ1v) is 9.41. The van der Waals surface area contributed by atoms with E-state index in [9.17, 15) is 4.79 Å². The van der Waals surface area contributed by atoms with Crippen LogP contribution in [0.15, 0.2) is 48.7 Å². The molecule has 0 aliphatic carbocycles. The van der Waals surface area contributed by atoms with Crippen molar-refractivity contribution in [1.82, 2.24) is 20.5 Å². The van der Waals surface area contributed by atoms with Crippen LogP contribution in [0.3, 0.4) is 0 Å². The van der Waals surface area contributed by atoms with Crippen molar-refractivity contribution in [3.63, 3.8) is 0 Å². The fraction of sp³-hybridized carbons (Fsp3) is 0.429. The second-order valence-electron chi connectivity index (χ2n) is 7.13. The summed E-state index contributed by atoms with van der Waals surface area (Å²) in [5.74, 6) is 0.864. The standard InChI is InChI=1S/C21H28N4O/c1-17-9-12-25(13-10-17)16-19-7-5-18(6-8-19)14-23-21(26)24-15-20-4-2-3-11-22-20/h2-8,11,17H,9-10,12-16H2,1H3,(H2,23,24,26). The molecule has 1 aliphatic heterocycles. The number of amides is 2. The molecule has 0 radical (unpaired) electrons. The molecule has 5 heteroatoms. The molecule has 0 saturated carbocycles. The van der Waals surface area contributed by atoms with Crippen molar-refractivity contribution in [2.75, 3.05) is 13.1 Å². The van der Waals surface area contributed by atoms with Crippen LogP contribution in [0.1, 0.15) is 36.6 Å². The third-order valence-corrected chi connectivity index (χ3v) is 4.91. The van der Waals surface area contributed by atoms with Crippen molar-refractivity contribution in [3.8, 4) is 0 Å². The summed E-state index contributed by atoms with van der Waals surface area (Å²) in [6.07, 6.45) is 4.33. The maximum absolute atomic E-state index is 11.9. The summed E-state index contributed by atoms with van der Waals surface area (Å²) < 4.78 is 0. The van der Waals surface area contributed by atoms with Gasteiger partial charge in [-0.25, -0.2) is 4.79 Å². The lowest BCUT2D eigenvalue weighted by molar-refractivity contribution is 0.185. The third kappa shape index (κ3) is 5.85. The molecule has 0 spiro atoms. The summed E-state index contributed by atoms with van der Waals surface area (Å²) in [7, 11) is 0. The average molecular weight is 352 g/mol. The van der Waals surface area contributed by atoms with Crippen molar-refractivity contribution in [3.05, 3.63) is 65.5 Å². The van der Waals surface area contributed by atoms with Crippen molar-refractivity contribution >= 4 is 6.03 Å². The molecule has 2 aromatic rings. The molecule has 2 heterocycles. The Morgan fingerprint density at radius 3 is 2.42 bits per heavy atom. The van der Waals surface area contributed by atoms with Crippen LogP contribution in [0.4, 0.5) is 4.79 Å². The van der Waals surface area contributed by atoms with Crippen molar-refractivity contribution in [1.29, 1.82) is 0 Å². The Bertz CT molecular complexity index is 679. The maximum Gasteiger partial charge on any atom is 0.315 e. The van der Waals surface area contributed by atoms with Crippen LogP contribution >= 0.6 is 0 Å². The zero-order valence-electron chi connectivity index (χ0n) is 15.4. The predicted octanol–water partition coefficient (Wildman–Crippen LogP) is 3.31. The van der Waals surface area contributed by atoms with Crippen LogP contribution in [-0.2, 0) is 19.6 Å². The molecule has 3 rings (SSSR count). The summed E-state index contributed by atoms with van der Waals surface area (Å²) >= 11 is 0. The monoisotopic (exact) mass is 352 g/mol. The van der Waals surface area contributed by atoms with E-state index < -0.39 is 0 Å². The number of benzene rings is 1. The number of piperidine rings is 1. The summed E-state index contributed by atoms with van der Waals surface area (Å²) in [6.45, 7) is 6.70. The number of rotatable bonds is 6. The number of nitrogens with zero attached hydrogens (tertiary/aromatic N) is 2. The Balaban J connectivity index is 1.39. The topological polar surface area (TPSA) is 57.3 Å². The highest BCUT2D eigenvalue weighted by Gasteiger charge is 2.15. The highest BCUT2D eigenvalue weighted by molar-refractivity contribution is 5.73. The van der Waals surface area contributed by atoms with Crippen LogP contribution in [0.25, 0.3) is 0 Å². The van der Waals surface area contributed by atoms with E-state index >= 15 is 0 Å². The first-order chi connectivity index (χ1) is 12.7. The van der Waals surface area contributed by atoms with Gasteiger partial charge in [0.15, 0.2) is 0 Å². The van der Waals surface area contributed by atoms with E-state index in [1.807, 2.05) is 18.2 Å². The van der Waals surface area contributed by atoms with E-state index in [1.165, 1.54) is 31.5 Å². The lowest BCUT2D eigenvalue weighted by Gasteiger charge is -2.30. The SMILES string of the molecule is CC1CCN(Cc2ccc(CNC(=O)NCc3ccccn3)cc2)CC1. The van der Waals surface area contributed by atoms with Gasteiger partial charge in [0.2, 0.25) is 0 Å². The molecule has 1 aromatic carbocycles. The van der Waals surface area contributed by atoms with Crippen LogP contribution in [0.5, 0.6) is 0 Å². The second-order valence-corrected chi connectivity index (χ2v) is 7.13. The smallest absolute Gasteiger partial charge is 0.315 e. The Morgan fingerprint density at radius 2 is 1.73 bits per heavy atom. The van der Waals surface area contributed by atoms with Gasteiger partial charge in [-0.3, -0.25) is 9.88 Å². The summed E-state index contributed by atoms with van der Waals surface area (Å²) in [5.41, 5.74) is 3.29. The lowest BCUT2D eigenvalue weighted by atomic mass is 9.99. The molecule has 0 unspecified atom stereocenters. The number of aromatic nitrogens is 1. The molecule has 0 atom stereocenters. The molecule has 5 nitrogen and oxygen atoms in total. The number of pyridine rings is 1. The Morgan fingerprint density at radius 1 is 1.04 bits per heavy atom. The minimum absolute atomic E-state index is 0.179. The quantitative estimate of drug-likeness (QED) is 0.838. The molecule has 26 heavy (non-hydrogen) atoms. The van der Waals surface area contributed by atoms with E-state index in [0.29, 0.717) is 13.1 Å². The van der Waals surface area contributed by atoms with Gasteiger partial charge in [0.05, 0.1) is 12.2 Å². The molecular weight excluding hydrogens is 324 g/mol. The van der Waals surface area contributed by atoms with Gasteiger partial charge in [-0.05, 0) is 55.1 Å². The Labute approximate surface area is 155 Å². The second kappa shape index (κ2) is 9.34. The first kappa shape index (κ1) is 18.4. The number of nitrogens with one attached hydrogen (secondary N) is 2. The summed E-state index contributed by atoms with van der Waals surface area (Å²) in [6, 6.07) is 14.0. The van der Waals surface area contributed by atoms with Crippen molar-refractivity contribution < 1.29 is 4.79 Å². The Kier molecular flexibility index (Phi) is 6.61.